The van der Waals surface area contributed by atoms with Gasteiger partial charge in [0.2, 0.25) is 0 Å². The van der Waals surface area contributed by atoms with Crippen molar-refractivity contribution in [3.05, 3.63) is 65.2 Å². The maximum atomic E-state index is 13.6. The van der Waals surface area contributed by atoms with E-state index >= 15 is 0 Å². The van der Waals surface area contributed by atoms with Crippen LogP contribution in [0.4, 0.5) is 0 Å². The summed E-state index contributed by atoms with van der Waals surface area (Å²) >= 11 is 21.3. The summed E-state index contributed by atoms with van der Waals surface area (Å²) in [6.45, 7) is 25.4. The van der Waals surface area contributed by atoms with E-state index in [1.165, 1.54) is 47.3 Å². The van der Waals surface area contributed by atoms with Gasteiger partial charge in [0.15, 0.2) is 10.2 Å². The van der Waals surface area contributed by atoms with Crippen LogP contribution in [-0.2, 0) is 326 Å². The number of hydrogen-bond acceptors (Lipinski definition) is 19. The maximum Gasteiger partial charge on any atom is 0.195 e. The van der Waals surface area contributed by atoms with Crippen LogP contribution in [0, 0.1) is 48.9 Å². The Hall–Kier alpha value is 3.79. The zero-order valence-corrected chi connectivity index (χ0v) is 89.3. The number of methoxy groups -OCH3 is 6. The van der Waals surface area contributed by atoms with Crippen LogP contribution >= 0.6 is 23.5 Å². The average Bonchev–Trinajstić information content (AvgIpc) is 0.832. The van der Waals surface area contributed by atoms with Gasteiger partial charge in [-0.05, 0) is 102 Å². The number of aliphatic hydroxyl groups excluding tert-OH is 1. The third kappa shape index (κ3) is 58.3. The van der Waals surface area contributed by atoms with Gasteiger partial charge in [-0.25, -0.2) is 0 Å². The fourth-order valence-electron chi connectivity index (χ4n) is 7.09. The molecule has 0 aliphatic rings. The SMILES string of the molecule is CO.COc1cc(OC)c(CSC(=O)[C@@H](C)[C@@H](C)OC(C)(C)C)c(OC)c1.COc1cc(OC)c(CSC(=O)[C@@H](CC(=O)[C@@H](C)Cc2ccc(OC(C)(C)C)cc2)[C@@H](C)OC(C)(C)C)c(OC)c1.S=S=S=S=S=S=S=S=S=S=S=S=S=S=S.S=S=S=S=S=S=S=S=S=S=S=S=S=S=S=S.[2H][B].[U]. The molecule has 3 aromatic rings. The fraction of sp³-hybridized carbons (Fsp3) is 0.604. The molecule has 0 heterocycles. The molecule has 5 atom stereocenters. The van der Waals surface area contributed by atoms with Gasteiger partial charge in [0.25, 0.3) is 0 Å². The van der Waals surface area contributed by atoms with E-state index in [0.29, 0.717) is 52.4 Å². The number of carbonyl (C=O) groups excluding carboxylic acids is 3. The van der Waals surface area contributed by atoms with Crippen LogP contribution in [0.2, 0.25) is 0 Å². The van der Waals surface area contributed by atoms with Gasteiger partial charge in [0.1, 0.15) is 51.6 Å². The molecule has 0 amide bonds. The van der Waals surface area contributed by atoms with Gasteiger partial charge >= 0.3 is 0 Å². The van der Waals surface area contributed by atoms with Crippen LogP contribution in [-0.4, -0.2) is 110 Å². The van der Waals surface area contributed by atoms with Gasteiger partial charge in [-0.15, -0.1) is 0 Å². The zero-order valence-electron chi connectivity index (χ0n) is 59.2. The number of Topliss-reactive ketones (excluding diaryl/α,β-unsaturated/α-hetero) is 1. The first-order valence-electron chi connectivity index (χ1n) is 28.1. The Labute approximate surface area is 731 Å². The molecule has 13 nitrogen and oxygen atoms in total. The predicted octanol–water partition coefficient (Wildman–Crippen LogP) is 10.5. The van der Waals surface area contributed by atoms with Gasteiger partial charge in [0, 0.05) is 390 Å². The van der Waals surface area contributed by atoms with Crippen LogP contribution in [0.3, 0.4) is 0 Å². The van der Waals surface area contributed by atoms with Crippen LogP contribution in [0.25, 0.3) is 0 Å². The predicted molar refractivity (Wildman–Crippen MR) is 511 cm³/mol. The van der Waals surface area contributed by atoms with Crippen molar-refractivity contribution >= 4 is 332 Å². The van der Waals surface area contributed by atoms with Crippen molar-refractivity contribution < 1.29 is 93.2 Å². The van der Waals surface area contributed by atoms with E-state index in [2.05, 4.69) is 8.38 Å². The standard InChI is InChI=1S/C33H48O7S.C19H30O5S.CH4O.BH.S16.S15.U/c1-21(16-23-12-14-24(15-13-23)40-33(6,7)8)28(34)19-26(22(2)39-32(3,4)5)31(35)41-20-27-29(37-10)17-25(36-9)18-30(27)38-11;1-12(13(2)24-19(3,4)5)18(20)25-11-15-16(22-7)9-14(21-6)10-17(15)23-8;1-2;;1-3-5-7-9-11-13-15-16-14-12-10-8-6-4-2;1-3-5-7-9-11-13-15-14-12-10-8-6-4-2;/h12-15,17-18,21-22,26H,16,19-20H2,1-11H3;9-10,12-13H,11H2,1-8H3;2H,1H3;1H;;;/t21-,22+,26-;12-,13+;;;;;/m00...../s1/i;;;1D;;;. The molecule has 0 aliphatic heterocycles. The Morgan fingerprint density at radius 2 is 0.723 bits per heavy atom. The summed E-state index contributed by atoms with van der Waals surface area (Å²) < 4.78 is 55.8. The van der Waals surface area contributed by atoms with Crippen molar-refractivity contribution in [2.75, 3.05) is 49.8 Å². The van der Waals surface area contributed by atoms with Gasteiger partial charge in [-0.1, -0.05) is 49.5 Å². The Morgan fingerprint density at radius 1 is 0.436 bits per heavy atom. The second-order valence-corrected chi connectivity index (χ2v) is 70.7. The summed E-state index contributed by atoms with van der Waals surface area (Å²) in [7, 11) is 59.5. The molecule has 2 radical (unpaired) electrons. The van der Waals surface area contributed by atoms with Crippen molar-refractivity contribution in [3.8, 4) is 40.2 Å². The van der Waals surface area contributed by atoms with E-state index in [4.69, 9.17) is 93.8 Å². The summed E-state index contributed by atoms with van der Waals surface area (Å²) in [6.07, 6.45) is 0.0864. The Kier molecular flexibility index (Phi) is 74.8. The Morgan fingerprint density at radius 3 is 0.990 bits per heavy atom. The van der Waals surface area contributed by atoms with Crippen molar-refractivity contribution in [2.24, 2.45) is 17.8 Å². The fourth-order valence-corrected chi connectivity index (χ4v) is 72.3. The van der Waals surface area contributed by atoms with E-state index < -0.39 is 17.6 Å². The van der Waals surface area contributed by atoms with E-state index in [9.17, 15) is 14.4 Å². The van der Waals surface area contributed by atoms with Crippen LogP contribution in [0.15, 0.2) is 48.5 Å². The minimum Gasteiger partial charge on any atom is -0.496 e. The minimum absolute atomic E-state index is 0. The van der Waals surface area contributed by atoms with Crippen molar-refractivity contribution in [1.82, 2.24) is 0 Å². The second kappa shape index (κ2) is 69.3. The molecule has 48 heteroatoms. The van der Waals surface area contributed by atoms with Gasteiger partial charge in [0.05, 0.1) is 77.9 Å². The number of thioether (sulfide) groups is 2. The Balaban J connectivity index is -0.000000671. The number of ketones is 1. The van der Waals surface area contributed by atoms with E-state index in [1.807, 2.05) is 114 Å². The quantitative estimate of drug-likeness (QED) is 0.0948. The van der Waals surface area contributed by atoms with E-state index in [0.717, 1.165) is 41.3 Å². The molecule has 1 N–H and O–H groups in total. The van der Waals surface area contributed by atoms with E-state index in [1.54, 1.807) is 271 Å². The molecule has 0 spiro atoms. The number of aliphatic hydroxyl groups is 1. The molecule has 3 rings (SSSR count). The molecule has 0 saturated carbocycles. The summed E-state index contributed by atoms with van der Waals surface area (Å²) in [6, 6.07) is 14.9. The number of ether oxygens (including phenoxy) is 9. The van der Waals surface area contributed by atoms with E-state index in [-0.39, 0.29) is 82.7 Å². The summed E-state index contributed by atoms with van der Waals surface area (Å²) in [5.41, 5.74) is 1.61. The monoisotopic (exact) mass is 2230 g/mol. The largest absolute Gasteiger partial charge is 0.496 e. The van der Waals surface area contributed by atoms with Gasteiger partial charge < -0.3 is 47.7 Å². The maximum absolute atomic E-state index is 13.6. The molecule has 578 valence electrons. The van der Waals surface area contributed by atoms with Crippen LogP contribution < -0.4 is 33.2 Å². The second-order valence-electron chi connectivity index (χ2n) is 21.0. The van der Waals surface area contributed by atoms with Crippen LogP contribution in [0.5, 0.6) is 40.2 Å². The molecule has 0 bridgehead atoms. The summed E-state index contributed by atoms with van der Waals surface area (Å²) in [4.78, 5) is 39.6. The molecule has 0 aliphatic carbocycles. The number of rotatable bonds is 22. The van der Waals surface area contributed by atoms with Gasteiger partial charge in [-0.2, -0.15) is 0 Å². The average molecular weight is 2240 g/mol. The normalized spacial score (nSPS) is 11.5. The first-order chi connectivity index (χ1) is 48.0. The van der Waals surface area contributed by atoms with Crippen molar-refractivity contribution in [2.45, 2.75) is 143 Å². The smallest absolute Gasteiger partial charge is 0.195 e. The van der Waals surface area contributed by atoms with Gasteiger partial charge in [-0.3, -0.25) is 14.4 Å². The topological polar surface area (TPSA) is 155 Å². The number of hydrogen-bond donors (Lipinski definition) is 1. The summed E-state index contributed by atoms with van der Waals surface area (Å²) in [5.74, 6) is 4.20. The third-order valence-electron chi connectivity index (χ3n) is 10.9. The van der Waals surface area contributed by atoms with Crippen molar-refractivity contribution in [3.63, 3.8) is 0 Å². The molecule has 3 aromatic carbocycles. The first-order valence-corrected chi connectivity index (χ1v) is 68.2. The van der Waals surface area contributed by atoms with Crippen LogP contribution in [0.1, 0.15) is 113 Å². The third-order valence-corrected chi connectivity index (χ3v) is 68.6. The van der Waals surface area contributed by atoms with Crippen molar-refractivity contribution in [1.29, 1.82) is 1.34 Å². The molecule has 0 unspecified atom stereocenters. The molecule has 0 saturated heterocycles. The minimum atomic E-state index is -0.605. The molecular weight excluding hydrogens is 2150 g/mol. The molecular formula is C53H83BO13S33U. The number of carbonyl (C=O) groups is 3. The number of benzene rings is 3. The molecule has 101 heavy (non-hydrogen) atoms. The molecule has 0 fully saturated rings. The Bertz CT molecular complexity index is 4210. The molecule has 0 aromatic heterocycles. The zero-order chi connectivity index (χ0) is 77.2. The summed E-state index contributed by atoms with van der Waals surface area (Å²) in [5, 5.41) is 6.97. The first kappa shape index (κ1) is 109.